The van der Waals surface area contributed by atoms with Crippen LogP contribution in [0.3, 0.4) is 0 Å². The van der Waals surface area contributed by atoms with Crippen molar-refractivity contribution in [2.45, 2.75) is 19.4 Å². The highest BCUT2D eigenvalue weighted by Crippen LogP contribution is 2.24. The average Bonchev–Trinajstić information content (AvgIpc) is 2.05. The first-order chi connectivity index (χ1) is 5.56. The van der Waals surface area contributed by atoms with Crippen LogP contribution < -0.4 is 5.73 Å². The lowest BCUT2D eigenvalue weighted by Gasteiger charge is -2.10. The smallest absolute Gasteiger partial charge is 0.252 e. The number of nitrogens with zero attached hydrogens (tertiary/aromatic N) is 1. The molecule has 12 heavy (non-hydrogen) atoms. The molecule has 0 radical (unpaired) electrons. The van der Waals surface area contributed by atoms with Gasteiger partial charge < -0.3 is 10.6 Å². The maximum atomic E-state index is 6.99. The van der Waals surface area contributed by atoms with Crippen molar-refractivity contribution in [1.29, 1.82) is 0 Å². The van der Waals surface area contributed by atoms with Crippen molar-refractivity contribution in [2.24, 2.45) is 0 Å². The van der Waals surface area contributed by atoms with Gasteiger partial charge in [-0.2, -0.15) is 0 Å². The van der Waals surface area contributed by atoms with E-state index < -0.39 is 5.54 Å². The topological polar surface area (TPSA) is 30.4 Å². The summed E-state index contributed by atoms with van der Waals surface area (Å²) in [6.07, 6.45) is 0. The minimum Gasteiger partial charge on any atom is -0.399 e. The number of nitrogen functional groups attached to an aromatic ring is 1. The molecule has 0 bridgehead atoms. The Morgan fingerprint density at radius 3 is 2.17 bits per heavy atom. The zero-order valence-corrected chi connectivity index (χ0v) is 7.33. The van der Waals surface area contributed by atoms with E-state index in [2.05, 4.69) is 4.85 Å². The first-order valence-electron chi connectivity index (χ1n) is 3.81. The zero-order valence-electron chi connectivity index (χ0n) is 7.33. The molecule has 0 aliphatic heterocycles. The van der Waals surface area contributed by atoms with Gasteiger partial charge in [0.2, 0.25) is 0 Å². The van der Waals surface area contributed by atoms with Gasteiger partial charge in [-0.3, -0.25) is 0 Å². The number of hydrogen-bond donors (Lipinski definition) is 1. The Hall–Kier alpha value is -1.49. The van der Waals surface area contributed by atoms with Crippen molar-refractivity contribution in [1.82, 2.24) is 0 Å². The van der Waals surface area contributed by atoms with E-state index in [1.807, 2.05) is 38.1 Å². The van der Waals surface area contributed by atoms with E-state index in [0.29, 0.717) is 0 Å². The normalized spacial score (nSPS) is 10.8. The molecule has 2 N–H and O–H groups in total. The van der Waals surface area contributed by atoms with Gasteiger partial charge in [0.15, 0.2) is 0 Å². The summed E-state index contributed by atoms with van der Waals surface area (Å²) in [5, 5.41) is 0. The molecule has 62 valence electrons. The van der Waals surface area contributed by atoms with Crippen LogP contribution in [0.2, 0.25) is 0 Å². The molecule has 0 aliphatic carbocycles. The number of hydrogen-bond acceptors (Lipinski definition) is 1. The molecule has 0 saturated heterocycles. The highest BCUT2D eigenvalue weighted by Gasteiger charge is 2.24. The zero-order chi connectivity index (χ0) is 9.19. The number of nitrogens with two attached hydrogens (primary N) is 1. The Labute approximate surface area is 72.8 Å². The molecule has 0 atom stereocenters. The second-order valence-electron chi connectivity index (χ2n) is 3.29. The van der Waals surface area contributed by atoms with E-state index in [-0.39, 0.29) is 0 Å². The molecule has 0 aromatic heterocycles. The lowest BCUT2D eigenvalue weighted by Crippen LogP contribution is -2.10. The Morgan fingerprint density at radius 1 is 1.25 bits per heavy atom. The van der Waals surface area contributed by atoms with Gasteiger partial charge >= 0.3 is 0 Å². The van der Waals surface area contributed by atoms with Crippen molar-refractivity contribution >= 4 is 5.69 Å². The molecule has 0 saturated carbocycles. The third kappa shape index (κ3) is 1.57. The molecule has 0 spiro atoms. The number of rotatable bonds is 1. The highest BCUT2D eigenvalue weighted by molar-refractivity contribution is 5.41. The lowest BCUT2D eigenvalue weighted by molar-refractivity contribution is 0.664. The van der Waals surface area contributed by atoms with Crippen LogP contribution in [0.25, 0.3) is 4.85 Å². The van der Waals surface area contributed by atoms with Crippen LogP contribution in [0.4, 0.5) is 5.69 Å². The fourth-order valence-electron chi connectivity index (χ4n) is 0.956. The largest absolute Gasteiger partial charge is 0.399 e. The quantitative estimate of drug-likeness (QED) is 0.496. The van der Waals surface area contributed by atoms with Crippen molar-refractivity contribution in [3.63, 3.8) is 0 Å². The summed E-state index contributed by atoms with van der Waals surface area (Å²) in [7, 11) is 0. The predicted octanol–water partition coefficient (Wildman–Crippen LogP) is 2.42. The van der Waals surface area contributed by atoms with Gasteiger partial charge in [-0.1, -0.05) is 0 Å². The van der Waals surface area contributed by atoms with Crippen LogP contribution in [0.5, 0.6) is 0 Å². The first kappa shape index (κ1) is 8.61. The van der Waals surface area contributed by atoms with Gasteiger partial charge in [-0.15, -0.1) is 0 Å². The van der Waals surface area contributed by atoms with Crippen LogP contribution in [-0.2, 0) is 5.54 Å². The van der Waals surface area contributed by atoms with E-state index in [9.17, 15) is 0 Å². The maximum absolute atomic E-state index is 6.99. The van der Waals surface area contributed by atoms with Gasteiger partial charge in [-0.05, 0) is 24.3 Å². The Morgan fingerprint density at radius 2 is 1.75 bits per heavy atom. The molecule has 0 fully saturated rings. The summed E-state index contributed by atoms with van der Waals surface area (Å²) in [4.78, 5) is 3.53. The van der Waals surface area contributed by atoms with Crippen molar-refractivity contribution in [3.05, 3.63) is 41.2 Å². The second-order valence-corrected chi connectivity index (χ2v) is 3.29. The molecule has 0 unspecified atom stereocenters. The first-order valence-corrected chi connectivity index (χ1v) is 3.81. The average molecular weight is 160 g/mol. The van der Waals surface area contributed by atoms with Crippen LogP contribution in [-0.4, -0.2) is 0 Å². The van der Waals surface area contributed by atoms with Crippen LogP contribution >= 0.6 is 0 Å². The fourth-order valence-corrected chi connectivity index (χ4v) is 0.956. The Balaban J connectivity index is 3.07. The Kier molecular flexibility index (Phi) is 2.05. The van der Waals surface area contributed by atoms with Crippen LogP contribution in [0, 0.1) is 6.57 Å². The molecule has 0 heterocycles. The van der Waals surface area contributed by atoms with Crippen molar-refractivity contribution < 1.29 is 0 Å². The van der Waals surface area contributed by atoms with Crippen molar-refractivity contribution in [3.8, 4) is 0 Å². The summed E-state index contributed by atoms with van der Waals surface area (Å²) in [6, 6.07) is 7.44. The monoisotopic (exact) mass is 160 g/mol. The molecule has 1 aromatic carbocycles. The van der Waals surface area contributed by atoms with E-state index in [1.54, 1.807) is 0 Å². The van der Waals surface area contributed by atoms with Crippen LogP contribution in [0.15, 0.2) is 24.3 Å². The van der Waals surface area contributed by atoms with E-state index in [0.717, 1.165) is 11.3 Å². The van der Waals surface area contributed by atoms with Gasteiger partial charge in [0.05, 0.1) is 0 Å². The van der Waals surface area contributed by atoms with Gasteiger partial charge in [0.25, 0.3) is 5.54 Å². The summed E-state index contributed by atoms with van der Waals surface area (Å²) < 4.78 is 0. The fraction of sp³-hybridized carbons (Fsp3) is 0.300. The van der Waals surface area contributed by atoms with Crippen LogP contribution in [0.1, 0.15) is 19.4 Å². The molecule has 2 nitrogen and oxygen atoms in total. The van der Waals surface area contributed by atoms with Gasteiger partial charge in [0, 0.05) is 25.1 Å². The predicted molar refractivity (Wildman–Crippen MR) is 50.5 cm³/mol. The number of benzene rings is 1. The maximum Gasteiger partial charge on any atom is 0.252 e. The third-order valence-electron chi connectivity index (χ3n) is 1.90. The second kappa shape index (κ2) is 2.86. The lowest BCUT2D eigenvalue weighted by atomic mass is 9.95. The highest BCUT2D eigenvalue weighted by atomic mass is 14.8. The molecule has 1 aromatic rings. The van der Waals surface area contributed by atoms with E-state index in [4.69, 9.17) is 12.3 Å². The summed E-state index contributed by atoms with van der Waals surface area (Å²) in [5.41, 5.74) is 6.84. The molecular formula is C10H12N2. The SMILES string of the molecule is [C-]#[N+]C(C)(C)c1ccc(N)cc1. The molecule has 0 amide bonds. The summed E-state index contributed by atoms with van der Waals surface area (Å²) in [5.74, 6) is 0. The van der Waals surface area contributed by atoms with Gasteiger partial charge in [0.1, 0.15) is 0 Å². The Bertz CT molecular complexity index is 304. The van der Waals surface area contributed by atoms with E-state index in [1.165, 1.54) is 0 Å². The molecule has 0 aliphatic rings. The van der Waals surface area contributed by atoms with E-state index >= 15 is 0 Å². The molecule has 2 heteroatoms. The minimum absolute atomic E-state index is 0.437. The number of anilines is 1. The third-order valence-corrected chi connectivity index (χ3v) is 1.90. The van der Waals surface area contributed by atoms with Crippen molar-refractivity contribution in [2.75, 3.05) is 5.73 Å². The minimum atomic E-state index is -0.437. The standard InChI is InChI=1S/C10H12N2/c1-10(2,12-3)8-4-6-9(11)7-5-8/h4-7H,11H2,1-2H3. The summed E-state index contributed by atoms with van der Waals surface area (Å²) in [6.45, 7) is 10.8. The molecular weight excluding hydrogens is 148 g/mol. The summed E-state index contributed by atoms with van der Waals surface area (Å²) >= 11 is 0. The molecule has 1 rings (SSSR count). The van der Waals surface area contributed by atoms with Gasteiger partial charge in [-0.25, -0.2) is 6.57 Å².